The molecule has 2 aromatic carbocycles. The molecule has 0 aliphatic carbocycles. The zero-order chi connectivity index (χ0) is 21.3. The maximum absolute atomic E-state index is 11.9. The average Bonchev–Trinajstić information content (AvgIpc) is 3.16. The lowest BCUT2D eigenvalue weighted by Crippen LogP contribution is -2.14. The minimum Gasteiger partial charge on any atom is -0.489 e. The molecular weight excluding hydrogens is 388 g/mol. The molecule has 1 heterocycles. The maximum atomic E-state index is 11.9. The van der Waals surface area contributed by atoms with Crippen molar-refractivity contribution >= 4 is 11.9 Å². The van der Waals surface area contributed by atoms with Gasteiger partial charge in [-0.2, -0.15) is 0 Å². The Hall–Kier alpha value is -3.74. The first kappa shape index (κ1) is 21.0. The third kappa shape index (κ3) is 5.88. The molecule has 0 aliphatic heterocycles. The number of methoxy groups -OCH3 is 1. The number of aryl methyl sites for hydroxylation is 1. The molecular formula is C23H22O7. The van der Waals surface area contributed by atoms with Gasteiger partial charge in [-0.25, -0.2) is 9.59 Å². The third-order valence-electron chi connectivity index (χ3n) is 4.18. The van der Waals surface area contributed by atoms with Gasteiger partial charge in [-0.15, -0.1) is 0 Å². The summed E-state index contributed by atoms with van der Waals surface area (Å²) in [5, 5.41) is 0. The van der Waals surface area contributed by atoms with Crippen LogP contribution in [0.2, 0.25) is 0 Å². The summed E-state index contributed by atoms with van der Waals surface area (Å²) in [6, 6.07) is 18.3. The van der Waals surface area contributed by atoms with Gasteiger partial charge in [0.25, 0.3) is 0 Å². The van der Waals surface area contributed by atoms with Crippen molar-refractivity contribution in [3.8, 4) is 11.5 Å². The van der Waals surface area contributed by atoms with E-state index in [-0.39, 0.29) is 13.2 Å². The van der Waals surface area contributed by atoms with Crippen molar-refractivity contribution in [3.63, 3.8) is 0 Å². The number of furan rings is 1. The Morgan fingerprint density at radius 1 is 0.900 bits per heavy atom. The highest BCUT2D eigenvalue weighted by Gasteiger charge is 2.16. The standard InChI is InChI=1S/C23H22O7/c1-16-21(23(25)26-2)12-20(30-16)14-29-22(24)15-28-19-10-8-18(9-11-19)27-13-17-6-4-3-5-7-17/h3-12H,13-15H2,1-2H3. The Labute approximate surface area is 174 Å². The van der Waals surface area contributed by atoms with E-state index in [1.165, 1.54) is 13.2 Å². The van der Waals surface area contributed by atoms with Gasteiger partial charge in [0.15, 0.2) is 6.61 Å². The molecule has 3 aromatic rings. The van der Waals surface area contributed by atoms with E-state index in [4.69, 9.17) is 18.6 Å². The summed E-state index contributed by atoms with van der Waals surface area (Å²) in [5.41, 5.74) is 1.38. The molecule has 0 unspecified atom stereocenters. The SMILES string of the molecule is COC(=O)c1cc(COC(=O)COc2ccc(OCc3ccccc3)cc2)oc1C. The Morgan fingerprint density at radius 2 is 1.57 bits per heavy atom. The predicted octanol–water partition coefficient (Wildman–Crippen LogP) is 4.08. The predicted molar refractivity (Wildman–Crippen MR) is 107 cm³/mol. The smallest absolute Gasteiger partial charge is 0.344 e. The topological polar surface area (TPSA) is 84.2 Å². The molecule has 0 amide bonds. The highest BCUT2D eigenvalue weighted by atomic mass is 16.6. The molecule has 1 aromatic heterocycles. The number of esters is 2. The average molecular weight is 410 g/mol. The van der Waals surface area contributed by atoms with Crippen molar-refractivity contribution in [2.45, 2.75) is 20.1 Å². The molecule has 156 valence electrons. The van der Waals surface area contributed by atoms with Gasteiger partial charge in [0, 0.05) is 0 Å². The molecule has 0 spiro atoms. The van der Waals surface area contributed by atoms with Crippen LogP contribution in [0.5, 0.6) is 11.5 Å². The van der Waals surface area contributed by atoms with E-state index in [0.29, 0.717) is 35.2 Å². The fraction of sp³-hybridized carbons (Fsp3) is 0.217. The molecule has 3 rings (SSSR count). The van der Waals surface area contributed by atoms with E-state index >= 15 is 0 Å². The highest BCUT2D eigenvalue weighted by molar-refractivity contribution is 5.90. The lowest BCUT2D eigenvalue weighted by molar-refractivity contribution is -0.147. The quantitative estimate of drug-likeness (QED) is 0.492. The Bertz CT molecular complexity index is 975. The fourth-order valence-corrected chi connectivity index (χ4v) is 2.64. The molecule has 0 saturated carbocycles. The molecule has 0 saturated heterocycles. The Kier molecular flexibility index (Phi) is 7.10. The summed E-state index contributed by atoms with van der Waals surface area (Å²) in [6.07, 6.45) is 0. The second kappa shape index (κ2) is 10.2. The first-order valence-electron chi connectivity index (χ1n) is 9.28. The molecule has 0 N–H and O–H groups in total. The van der Waals surface area contributed by atoms with Crippen LogP contribution in [0, 0.1) is 6.92 Å². The van der Waals surface area contributed by atoms with Crippen molar-refractivity contribution in [2.75, 3.05) is 13.7 Å². The van der Waals surface area contributed by atoms with Crippen LogP contribution < -0.4 is 9.47 Å². The molecule has 0 atom stereocenters. The molecule has 7 nitrogen and oxygen atoms in total. The number of hydrogen-bond acceptors (Lipinski definition) is 7. The monoisotopic (exact) mass is 410 g/mol. The summed E-state index contributed by atoms with van der Waals surface area (Å²) < 4.78 is 26.3. The lowest BCUT2D eigenvalue weighted by atomic mass is 10.2. The van der Waals surface area contributed by atoms with Crippen LogP contribution in [0.3, 0.4) is 0 Å². The Balaban J connectivity index is 1.42. The van der Waals surface area contributed by atoms with Gasteiger partial charge in [0.2, 0.25) is 0 Å². The summed E-state index contributed by atoms with van der Waals surface area (Å²) in [4.78, 5) is 23.5. The summed E-state index contributed by atoms with van der Waals surface area (Å²) in [7, 11) is 1.29. The van der Waals surface area contributed by atoms with Crippen LogP contribution >= 0.6 is 0 Å². The minimum absolute atomic E-state index is 0.105. The number of carbonyl (C=O) groups is 2. The van der Waals surface area contributed by atoms with Gasteiger partial charge < -0.3 is 23.4 Å². The van der Waals surface area contributed by atoms with E-state index in [1.807, 2.05) is 30.3 Å². The normalized spacial score (nSPS) is 10.3. The van der Waals surface area contributed by atoms with Crippen LogP contribution in [0.1, 0.15) is 27.4 Å². The van der Waals surface area contributed by atoms with E-state index in [9.17, 15) is 9.59 Å². The Morgan fingerprint density at radius 3 is 2.23 bits per heavy atom. The van der Waals surface area contributed by atoms with Gasteiger partial charge in [0.1, 0.15) is 41.8 Å². The first-order chi connectivity index (χ1) is 14.5. The van der Waals surface area contributed by atoms with Crippen molar-refractivity contribution in [1.29, 1.82) is 0 Å². The third-order valence-corrected chi connectivity index (χ3v) is 4.18. The summed E-state index contributed by atoms with van der Waals surface area (Å²) in [5.74, 6) is 0.894. The first-order valence-corrected chi connectivity index (χ1v) is 9.28. The second-order valence-electron chi connectivity index (χ2n) is 6.37. The molecule has 30 heavy (non-hydrogen) atoms. The zero-order valence-electron chi connectivity index (χ0n) is 16.8. The molecule has 0 fully saturated rings. The number of rotatable bonds is 9. The zero-order valence-corrected chi connectivity index (χ0v) is 16.8. The number of ether oxygens (including phenoxy) is 4. The van der Waals surface area contributed by atoms with Crippen molar-refractivity contribution < 1.29 is 33.0 Å². The van der Waals surface area contributed by atoms with Gasteiger partial charge in [-0.3, -0.25) is 0 Å². The second-order valence-corrected chi connectivity index (χ2v) is 6.37. The largest absolute Gasteiger partial charge is 0.489 e. The van der Waals surface area contributed by atoms with Crippen LogP contribution in [0.15, 0.2) is 65.1 Å². The maximum Gasteiger partial charge on any atom is 0.344 e. The van der Waals surface area contributed by atoms with Crippen LogP contribution in [-0.4, -0.2) is 25.7 Å². The summed E-state index contributed by atoms with van der Waals surface area (Å²) >= 11 is 0. The minimum atomic E-state index is -0.562. The van der Waals surface area contributed by atoms with Gasteiger partial charge in [-0.1, -0.05) is 30.3 Å². The van der Waals surface area contributed by atoms with Gasteiger partial charge in [0.05, 0.1) is 7.11 Å². The fourth-order valence-electron chi connectivity index (χ4n) is 2.64. The van der Waals surface area contributed by atoms with Crippen LogP contribution in [0.25, 0.3) is 0 Å². The van der Waals surface area contributed by atoms with Crippen molar-refractivity contribution in [3.05, 3.63) is 83.3 Å². The van der Waals surface area contributed by atoms with E-state index < -0.39 is 11.9 Å². The lowest BCUT2D eigenvalue weighted by Gasteiger charge is -2.09. The number of hydrogen-bond donors (Lipinski definition) is 0. The van der Waals surface area contributed by atoms with Crippen molar-refractivity contribution in [1.82, 2.24) is 0 Å². The van der Waals surface area contributed by atoms with Crippen LogP contribution in [-0.2, 0) is 27.5 Å². The van der Waals surface area contributed by atoms with Gasteiger partial charge >= 0.3 is 11.9 Å². The van der Waals surface area contributed by atoms with Crippen LogP contribution in [0.4, 0.5) is 0 Å². The molecule has 0 bridgehead atoms. The summed E-state index contributed by atoms with van der Waals surface area (Å²) in [6.45, 7) is 1.74. The van der Waals surface area contributed by atoms with E-state index in [2.05, 4.69) is 4.74 Å². The number of carbonyl (C=O) groups excluding carboxylic acids is 2. The molecule has 0 radical (unpaired) electrons. The molecule has 7 heteroatoms. The van der Waals surface area contributed by atoms with E-state index in [0.717, 1.165) is 5.56 Å². The van der Waals surface area contributed by atoms with Gasteiger partial charge in [-0.05, 0) is 42.8 Å². The van der Waals surface area contributed by atoms with E-state index in [1.54, 1.807) is 31.2 Å². The number of benzene rings is 2. The molecule has 0 aliphatic rings. The van der Waals surface area contributed by atoms with Crippen molar-refractivity contribution in [2.24, 2.45) is 0 Å². The highest BCUT2D eigenvalue weighted by Crippen LogP contribution is 2.19.